The number of rotatable bonds is 3. The van der Waals surface area contributed by atoms with Crippen LogP contribution in [0.3, 0.4) is 0 Å². The van der Waals surface area contributed by atoms with Gasteiger partial charge < -0.3 is 19.9 Å². The number of ether oxygens (including phenoxy) is 2. The molecule has 1 fully saturated rings. The van der Waals surface area contributed by atoms with Crippen molar-refractivity contribution in [2.24, 2.45) is 0 Å². The predicted molar refractivity (Wildman–Crippen MR) is 81.4 cm³/mol. The van der Waals surface area contributed by atoms with Crippen molar-refractivity contribution in [3.8, 4) is 0 Å². The standard InChI is InChI=1S/C14H11Cl2NO6/c1-14(2)22-12(20)8(13(21)23-14)5-17-10-7(11(18)19)3-6(15)4-9(10)16/h3-5,17H,1-2H3,(H,18,19). The van der Waals surface area contributed by atoms with Crippen molar-refractivity contribution >= 4 is 46.8 Å². The molecule has 1 aliphatic heterocycles. The summed E-state index contributed by atoms with van der Waals surface area (Å²) in [5.74, 6) is -4.46. The van der Waals surface area contributed by atoms with Crippen molar-refractivity contribution in [2.45, 2.75) is 19.6 Å². The van der Waals surface area contributed by atoms with Gasteiger partial charge in [-0.3, -0.25) is 0 Å². The number of halogens is 2. The Labute approximate surface area is 140 Å². The largest absolute Gasteiger partial charge is 0.478 e. The molecule has 1 saturated heterocycles. The average molecular weight is 360 g/mol. The van der Waals surface area contributed by atoms with E-state index in [2.05, 4.69) is 5.32 Å². The minimum Gasteiger partial charge on any atom is -0.478 e. The smallest absolute Gasteiger partial charge is 0.350 e. The van der Waals surface area contributed by atoms with Crippen molar-refractivity contribution in [3.63, 3.8) is 0 Å². The molecule has 0 bridgehead atoms. The summed E-state index contributed by atoms with van der Waals surface area (Å²) in [5, 5.41) is 11.8. The monoisotopic (exact) mass is 359 g/mol. The van der Waals surface area contributed by atoms with Gasteiger partial charge in [0.05, 0.1) is 16.3 Å². The summed E-state index contributed by atoms with van der Waals surface area (Å²) in [5.41, 5.74) is -0.676. The second-order valence-electron chi connectivity index (χ2n) is 5.00. The number of nitrogens with one attached hydrogen (secondary N) is 1. The number of benzene rings is 1. The first kappa shape index (κ1) is 17.1. The lowest BCUT2D eigenvalue weighted by Gasteiger charge is -2.29. The van der Waals surface area contributed by atoms with Gasteiger partial charge in [0.25, 0.3) is 5.79 Å². The summed E-state index contributed by atoms with van der Waals surface area (Å²) in [6.45, 7) is 2.82. The van der Waals surface area contributed by atoms with Crippen LogP contribution in [0.2, 0.25) is 10.0 Å². The highest BCUT2D eigenvalue weighted by Crippen LogP contribution is 2.31. The fourth-order valence-electron chi connectivity index (χ4n) is 1.81. The number of carbonyl (C=O) groups excluding carboxylic acids is 2. The molecule has 0 radical (unpaired) electrons. The van der Waals surface area contributed by atoms with Crippen LogP contribution in [0.5, 0.6) is 0 Å². The molecule has 9 heteroatoms. The number of hydrogen-bond donors (Lipinski definition) is 2. The highest BCUT2D eigenvalue weighted by atomic mass is 35.5. The van der Waals surface area contributed by atoms with E-state index in [9.17, 15) is 14.4 Å². The number of carboxylic acid groups (broad SMARTS) is 1. The van der Waals surface area contributed by atoms with Gasteiger partial charge in [-0.05, 0) is 12.1 Å². The molecule has 0 spiro atoms. The molecule has 122 valence electrons. The van der Waals surface area contributed by atoms with E-state index >= 15 is 0 Å². The number of esters is 2. The Morgan fingerprint density at radius 2 is 1.78 bits per heavy atom. The number of carbonyl (C=O) groups is 3. The van der Waals surface area contributed by atoms with Gasteiger partial charge in [-0.15, -0.1) is 0 Å². The molecule has 2 N–H and O–H groups in total. The van der Waals surface area contributed by atoms with Crippen LogP contribution in [-0.2, 0) is 19.1 Å². The van der Waals surface area contributed by atoms with E-state index in [1.165, 1.54) is 26.0 Å². The van der Waals surface area contributed by atoms with Gasteiger partial charge in [0.2, 0.25) is 0 Å². The molecule has 0 amide bonds. The van der Waals surface area contributed by atoms with Crippen molar-refractivity contribution < 1.29 is 29.0 Å². The Morgan fingerprint density at radius 1 is 1.22 bits per heavy atom. The van der Waals surface area contributed by atoms with Crippen LogP contribution in [0.25, 0.3) is 0 Å². The first-order valence-corrected chi connectivity index (χ1v) is 7.02. The molecule has 0 saturated carbocycles. The van der Waals surface area contributed by atoms with Gasteiger partial charge >= 0.3 is 17.9 Å². The third-order valence-corrected chi connectivity index (χ3v) is 3.28. The quantitative estimate of drug-likeness (QED) is 0.485. The van der Waals surface area contributed by atoms with Gasteiger partial charge in [-0.25, -0.2) is 14.4 Å². The number of aromatic carboxylic acids is 1. The van der Waals surface area contributed by atoms with Gasteiger partial charge in [0, 0.05) is 25.1 Å². The molecule has 2 rings (SSSR count). The van der Waals surface area contributed by atoms with E-state index in [-0.39, 0.29) is 21.3 Å². The maximum Gasteiger partial charge on any atom is 0.350 e. The Balaban J connectivity index is 2.35. The summed E-state index contributed by atoms with van der Waals surface area (Å²) in [7, 11) is 0. The maximum absolute atomic E-state index is 11.8. The van der Waals surface area contributed by atoms with E-state index in [0.29, 0.717) is 0 Å². The first-order valence-electron chi connectivity index (χ1n) is 6.26. The van der Waals surface area contributed by atoms with E-state index in [1.807, 2.05) is 0 Å². The summed E-state index contributed by atoms with van der Waals surface area (Å²) in [6, 6.07) is 2.49. The summed E-state index contributed by atoms with van der Waals surface area (Å²) >= 11 is 11.7. The van der Waals surface area contributed by atoms with Crippen molar-refractivity contribution in [1.82, 2.24) is 0 Å². The molecule has 1 aliphatic rings. The van der Waals surface area contributed by atoms with E-state index in [4.69, 9.17) is 37.8 Å². The molecule has 0 aliphatic carbocycles. The van der Waals surface area contributed by atoms with Crippen LogP contribution >= 0.6 is 23.2 Å². The second kappa shape index (κ2) is 6.10. The Hall–Kier alpha value is -2.25. The number of carboxylic acids is 1. The molecule has 0 atom stereocenters. The average Bonchev–Trinajstić information content (AvgIpc) is 2.37. The van der Waals surface area contributed by atoms with Crippen molar-refractivity contribution in [3.05, 3.63) is 39.5 Å². The van der Waals surface area contributed by atoms with Crippen LogP contribution in [0, 0.1) is 0 Å². The fourth-order valence-corrected chi connectivity index (χ4v) is 2.36. The maximum atomic E-state index is 11.8. The van der Waals surface area contributed by atoms with Gasteiger partial charge in [-0.1, -0.05) is 23.2 Å². The van der Waals surface area contributed by atoms with Gasteiger partial charge in [0.15, 0.2) is 5.57 Å². The Morgan fingerprint density at radius 3 is 2.30 bits per heavy atom. The lowest BCUT2D eigenvalue weighted by atomic mass is 10.1. The SMILES string of the molecule is CC1(C)OC(=O)C(=CNc2c(Cl)cc(Cl)cc2C(=O)O)C(=O)O1. The van der Waals surface area contributed by atoms with Crippen LogP contribution < -0.4 is 5.32 Å². The number of anilines is 1. The Kier molecular flexibility index (Phi) is 4.53. The van der Waals surface area contributed by atoms with Crippen LogP contribution in [0.15, 0.2) is 23.9 Å². The van der Waals surface area contributed by atoms with Crippen molar-refractivity contribution in [2.75, 3.05) is 5.32 Å². The number of cyclic esters (lactones) is 2. The van der Waals surface area contributed by atoms with E-state index in [1.54, 1.807) is 0 Å². The minimum absolute atomic E-state index is 0.00428. The normalized spacial score (nSPS) is 16.4. The highest BCUT2D eigenvalue weighted by molar-refractivity contribution is 6.37. The van der Waals surface area contributed by atoms with Crippen molar-refractivity contribution in [1.29, 1.82) is 0 Å². The first-order chi connectivity index (χ1) is 10.6. The lowest BCUT2D eigenvalue weighted by Crippen LogP contribution is -2.42. The summed E-state index contributed by atoms with van der Waals surface area (Å²) in [6.07, 6.45) is 0.974. The van der Waals surface area contributed by atoms with E-state index < -0.39 is 29.3 Å². The third-order valence-electron chi connectivity index (χ3n) is 2.76. The zero-order chi connectivity index (χ0) is 17.4. The number of hydrogen-bond acceptors (Lipinski definition) is 6. The second-order valence-corrected chi connectivity index (χ2v) is 5.84. The highest BCUT2D eigenvalue weighted by Gasteiger charge is 2.39. The van der Waals surface area contributed by atoms with E-state index in [0.717, 1.165) is 6.20 Å². The Bertz CT molecular complexity index is 719. The molecular weight excluding hydrogens is 349 g/mol. The minimum atomic E-state index is -1.37. The third kappa shape index (κ3) is 3.75. The lowest BCUT2D eigenvalue weighted by molar-refractivity contribution is -0.222. The van der Waals surface area contributed by atoms with Crippen LogP contribution in [-0.4, -0.2) is 28.8 Å². The molecule has 1 aromatic carbocycles. The molecule has 23 heavy (non-hydrogen) atoms. The van der Waals surface area contributed by atoms with Gasteiger partial charge in [-0.2, -0.15) is 0 Å². The summed E-state index contributed by atoms with van der Waals surface area (Å²) < 4.78 is 9.82. The summed E-state index contributed by atoms with van der Waals surface area (Å²) in [4.78, 5) is 34.8. The molecule has 0 aromatic heterocycles. The molecule has 7 nitrogen and oxygen atoms in total. The topological polar surface area (TPSA) is 102 Å². The zero-order valence-corrected chi connectivity index (χ0v) is 13.5. The predicted octanol–water partition coefficient (Wildman–Crippen LogP) is 2.82. The van der Waals surface area contributed by atoms with Crippen LogP contribution in [0.1, 0.15) is 24.2 Å². The molecule has 1 aromatic rings. The molecule has 0 unspecified atom stereocenters. The van der Waals surface area contributed by atoms with Crippen LogP contribution in [0.4, 0.5) is 5.69 Å². The fraction of sp³-hybridized carbons (Fsp3) is 0.214. The van der Waals surface area contributed by atoms with Gasteiger partial charge in [0.1, 0.15) is 0 Å². The molecular formula is C14H11Cl2NO6. The molecule has 1 heterocycles. The zero-order valence-electron chi connectivity index (χ0n) is 12.0.